The molecule has 2 rings (SSSR count). The van der Waals surface area contributed by atoms with Crippen molar-refractivity contribution in [2.45, 2.75) is 0 Å². The fourth-order valence-corrected chi connectivity index (χ4v) is 1.09. The van der Waals surface area contributed by atoms with Gasteiger partial charge in [0.15, 0.2) is 0 Å². The largest absolute Gasteiger partial charge is 0.322 e. The summed E-state index contributed by atoms with van der Waals surface area (Å²) in [5.41, 5.74) is 1.69. The van der Waals surface area contributed by atoms with Gasteiger partial charge in [-0.15, -0.1) is 0 Å². The summed E-state index contributed by atoms with van der Waals surface area (Å²) in [6.07, 6.45) is 10.7. The SMILES string of the molecule is [C]#Cc1[c]cn2ccccc12. The van der Waals surface area contributed by atoms with Crippen LogP contribution in [0.2, 0.25) is 0 Å². The summed E-state index contributed by atoms with van der Waals surface area (Å²) in [6, 6.07) is 8.74. The van der Waals surface area contributed by atoms with Gasteiger partial charge in [-0.2, -0.15) is 0 Å². The summed E-state index contributed by atoms with van der Waals surface area (Å²) in [6.45, 7) is 0. The second-order valence-corrected chi connectivity index (χ2v) is 2.27. The topological polar surface area (TPSA) is 4.41 Å². The molecular formula is C10H5N. The third kappa shape index (κ3) is 0.805. The highest BCUT2D eigenvalue weighted by atomic mass is 14.8. The summed E-state index contributed by atoms with van der Waals surface area (Å²) in [7, 11) is 0. The van der Waals surface area contributed by atoms with E-state index in [0.29, 0.717) is 5.56 Å². The maximum atomic E-state index is 6.95. The van der Waals surface area contributed by atoms with Crippen LogP contribution in [0.3, 0.4) is 0 Å². The molecule has 0 unspecified atom stereocenters. The lowest BCUT2D eigenvalue weighted by Crippen LogP contribution is -1.78. The average molecular weight is 139 g/mol. The molecule has 0 aliphatic carbocycles. The van der Waals surface area contributed by atoms with E-state index in [2.05, 4.69) is 12.0 Å². The summed E-state index contributed by atoms with van der Waals surface area (Å²) >= 11 is 0. The van der Waals surface area contributed by atoms with Gasteiger partial charge in [-0.3, -0.25) is 0 Å². The zero-order chi connectivity index (χ0) is 7.68. The molecule has 0 amide bonds. The quantitative estimate of drug-likeness (QED) is 0.489. The Labute approximate surface area is 65.3 Å². The van der Waals surface area contributed by atoms with Crippen LogP contribution in [0.25, 0.3) is 5.52 Å². The molecule has 11 heavy (non-hydrogen) atoms. The number of hydrogen-bond acceptors (Lipinski definition) is 0. The van der Waals surface area contributed by atoms with Gasteiger partial charge >= 0.3 is 0 Å². The molecule has 0 aromatic carbocycles. The molecule has 2 aromatic rings. The van der Waals surface area contributed by atoms with Crippen molar-refractivity contribution in [1.82, 2.24) is 4.40 Å². The first kappa shape index (κ1) is 6.06. The second kappa shape index (κ2) is 2.17. The molecule has 2 heterocycles. The number of fused-ring (bicyclic) bond motifs is 1. The molecule has 0 aliphatic heterocycles. The van der Waals surface area contributed by atoms with E-state index in [9.17, 15) is 0 Å². The van der Waals surface area contributed by atoms with E-state index in [4.69, 9.17) is 6.42 Å². The van der Waals surface area contributed by atoms with Gasteiger partial charge in [0, 0.05) is 18.5 Å². The van der Waals surface area contributed by atoms with Crippen molar-refractivity contribution >= 4 is 5.52 Å². The monoisotopic (exact) mass is 139 g/mol. The van der Waals surface area contributed by atoms with Crippen molar-refractivity contribution in [3.05, 3.63) is 48.6 Å². The lowest BCUT2D eigenvalue weighted by Gasteiger charge is -1.91. The van der Waals surface area contributed by atoms with E-state index in [1.165, 1.54) is 0 Å². The van der Waals surface area contributed by atoms with Crippen molar-refractivity contribution in [3.8, 4) is 5.92 Å². The Morgan fingerprint density at radius 2 is 2.36 bits per heavy atom. The minimum absolute atomic E-state index is 0.714. The summed E-state index contributed by atoms with van der Waals surface area (Å²) in [5, 5.41) is 0. The molecule has 50 valence electrons. The fraction of sp³-hybridized carbons (Fsp3) is 0. The van der Waals surface area contributed by atoms with Gasteiger partial charge in [-0.05, 0) is 24.5 Å². The zero-order valence-corrected chi connectivity index (χ0v) is 5.83. The van der Waals surface area contributed by atoms with Crippen molar-refractivity contribution in [3.63, 3.8) is 0 Å². The van der Waals surface area contributed by atoms with Crippen LogP contribution in [0.15, 0.2) is 30.6 Å². The van der Waals surface area contributed by atoms with Crippen LogP contribution in [0.5, 0.6) is 0 Å². The minimum atomic E-state index is 0.714. The highest BCUT2D eigenvalue weighted by molar-refractivity contribution is 5.61. The fourth-order valence-electron chi connectivity index (χ4n) is 1.09. The standard InChI is InChI=1S/C10H5N/c1-2-9-6-8-11-7-4-3-5-10(9)11/h3-5,7-8H. The maximum absolute atomic E-state index is 6.95. The van der Waals surface area contributed by atoms with Gasteiger partial charge in [0.1, 0.15) is 0 Å². The molecule has 2 aromatic heterocycles. The molecule has 0 bridgehead atoms. The molecular weight excluding hydrogens is 134 g/mol. The summed E-state index contributed by atoms with van der Waals surface area (Å²) in [5.74, 6) is 2.32. The molecule has 1 heteroatoms. The van der Waals surface area contributed by atoms with Crippen LogP contribution < -0.4 is 0 Å². The van der Waals surface area contributed by atoms with Crippen LogP contribution in [0.1, 0.15) is 5.56 Å². The maximum Gasteiger partial charge on any atom is 0.0613 e. The predicted molar refractivity (Wildman–Crippen MR) is 42.5 cm³/mol. The van der Waals surface area contributed by atoms with Crippen molar-refractivity contribution in [1.29, 1.82) is 0 Å². The molecule has 0 spiro atoms. The van der Waals surface area contributed by atoms with Gasteiger partial charge in [0.25, 0.3) is 0 Å². The van der Waals surface area contributed by atoms with Crippen LogP contribution in [0, 0.1) is 18.4 Å². The number of rotatable bonds is 0. The van der Waals surface area contributed by atoms with Crippen LogP contribution in [0.4, 0.5) is 0 Å². The third-order valence-corrected chi connectivity index (χ3v) is 1.62. The lowest BCUT2D eigenvalue weighted by molar-refractivity contribution is 1.20. The van der Waals surface area contributed by atoms with Crippen molar-refractivity contribution < 1.29 is 0 Å². The first-order valence-electron chi connectivity index (χ1n) is 3.32. The number of nitrogens with zero attached hydrogens (tertiary/aromatic N) is 1. The van der Waals surface area contributed by atoms with Crippen LogP contribution >= 0.6 is 0 Å². The van der Waals surface area contributed by atoms with E-state index in [1.807, 2.05) is 28.8 Å². The Kier molecular flexibility index (Phi) is 1.20. The first-order chi connectivity index (χ1) is 5.42. The molecule has 1 nitrogen and oxygen atoms in total. The molecule has 0 N–H and O–H groups in total. The van der Waals surface area contributed by atoms with E-state index < -0.39 is 0 Å². The zero-order valence-electron chi connectivity index (χ0n) is 5.83. The van der Waals surface area contributed by atoms with Crippen molar-refractivity contribution in [2.24, 2.45) is 0 Å². The second-order valence-electron chi connectivity index (χ2n) is 2.27. The molecule has 0 aliphatic rings. The van der Waals surface area contributed by atoms with Gasteiger partial charge in [0.05, 0.1) is 11.1 Å². The molecule has 0 fully saturated rings. The molecule has 2 radical (unpaired) electrons. The van der Waals surface area contributed by atoms with Crippen LogP contribution in [-0.4, -0.2) is 4.40 Å². The highest BCUT2D eigenvalue weighted by Crippen LogP contribution is 2.09. The minimum Gasteiger partial charge on any atom is -0.322 e. The Morgan fingerprint density at radius 3 is 3.18 bits per heavy atom. The predicted octanol–water partition coefficient (Wildman–Crippen LogP) is 1.68. The van der Waals surface area contributed by atoms with Gasteiger partial charge < -0.3 is 4.40 Å². The normalized spacial score (nSPS) is 9.73. The van der Waals surface area contributed by atoms with E-state index >= 15 is 0 Å². The molecule has 0 saturated heterocycles. The van der Waals surface area contributed by atoms with E-state index in [0.717, 1.165) is 5.52 Å². The lowest BCUT2D eigenvalue weighted by atomic mass is 10.3. The smallest absolute Gasteiger partial charge is 0.0613 e. The van der Waals surface area contributed by atoms with Gasteiger partial charge in [-0.25, -0.2) is 0 Å². The Bertz CT molecular complexity index is 418. The first-order valence-corrected chi connectivity index (χ1v) is 3.32. The average Bonchev–Trinajstić information content (AvgIpc) is 2.47. The van der Waals surface area contributed by atoms with Gasteiger partial charge in [0.2, 0.25) is 0 Å². The Balaban J connectivity index is 2.89. The van der Waals surface area contributed by atoms with E-state index in [-0.39, 0.29) is 0 Å². The molecule has 0 saturated carbocycles. The summed E-state index contributed by atoms with van der Waals surface area (Å²) in [4.78, 5) is 0. The number of pyridine rings is 1. The number of hydrogen-bond donors (Lipinski definition) is 0. The van der Waals surface area contributed by atoms with Crippen molar-refractivity contribution in [2.75, 3.05) is 0 Å². The van der Waals surface area contributed by atoms with Crippen LogP contribution in [-0.2, 0) is 0 Å². The van der Waals surface area contributed by atoms with Gasteiger partial charge in [-0.1, -0.05) is 6.07 Å². The third-order valence-electron chi connectivity index (χ3n) is 1.62. The Hall–Kier alpha value is -1.68. The van der Waals surface area contributed by atoms with E-state index in [1.54, 1.807) is 6.20 Å². The summed E-state index contributed by atoms with van der Waals surface area (Å²) < 4.78 is 1.91. The highest BCUT2D eigenvalue weighted by Gasteiger charge is 1.96. The number of aromatic nitrogens is 1. The molecule has 0 atom stereocenters. The Morgan fingerprint density at radius 1 is 1.45 bits per heavy atom.